The number of aryl methyl sites for hydroxylation is 1. The third-order valence-corrected chi connectivity index (χ3v) is 7.18. The van der Waals surface area contributed by atoms with E-state index in [0.717, 1.165) is 53.0 Å². The van der Waals surface area contributed by atoms with Crippen molar-refractivity contribution in [2.45, 2.75) is 13.5 Å². The number of fused-ring (bicyclic) bond motifs is 1. The Morgan fingerprint density at radius 3 is 2.47 bits per heavy atom. The lowest BCUT2D eigenvalue weighted by atomic mass is 10.1. The SMILES string of the molecule is COc1ccc(NC(=O)N2CCN(Cc3c(-c4ccc(Cl)cc4)nc4sc(C)cn34)CC2)cc1. The lowest BCUT2D eigenvalue weighted by Crippen LogP contribution is -2.49. The summed E-state index contributed by atoms with van der Waals surface area (Å²) in [6, 6.07) is 15.1. The van der Waals surface area contributed by atoms with E-state index in [-0.39, 0.29) is 6.03 Å². The summed E-state index contributed by atoms with van der Waals surface area (Å²) in [5.41, 5.74) is 3.97. The molecule has 0 spiro atoms. The maximum Gasteiger partial charge on any atom is 0.321 e. The van der Waals surface area contributed by atoms with Crippen LogP contribution >= 0.6 is 22.9 Å². The first-order chi connectivity index (χ1) is 16.5. The number of ether oxygens (including phenoxy) is 1. The molecule has 5 rings (SSSR count). The van der Waals surface area contributed by atoms with Crippen LogP contribution < -0.4 is 10.1 Å². The first-order valence-corrected chi connectivity index (χ1v) is 12.4. The molecule has 0 bridgehead atoms. The number of piperazine rings is 1. The number of nitrogens with zero attached hydrogens (tertiary/aromatic N) is 4. The van der Waals surface area contributed by atoms with Gasteiger partial charge in [-0.2, -0.15) is 0 Å². The molecule has 7 nitrogen and oxygen atoms in total. The van der Waals surface area contributed by atoms with Gasteiger partial charge >= 0.3 is 6.03 Å². The molecule has 1 fully saturated rings. The average Bonchev–Trinajstić information content (AvgIpc) is 3.37. The standard InChI is InChI=1S/C25H26ClN5O2S/c1-17-15-31-22(23(28-25(31)34-17)18-3-5-19(26)6-4-18)16-29-11-13-30(14-12-29)24(32)27-20-7-9-21(33-2)10-8-20/h3-10,15H,11-14,16H2,1-2H3,(H,27,32). The van der Waals surface area contributed by atoms with E-state index in [1.165, 1.54) is 4.88 Å². The Morgan fingerprint density at radius 1 is 1.09 bits per heavy atom. The van der Waals surface area contributed by atoms with Crippen molar-refractivity contribution in [1.29, 1.82) is 0 Å². The molecular weight excluding hydrogens is 470 g/mol. The number of nitrogens with one attached hydrogen (secondary N) is 1. The van der Waals surface area contributed by atoms with Gasteiger partial charge in [0.2, 0.25) is 0 Å². The number of hydrogen-bond acceptors (Lipinski definition) is 5. The largest absolute Gasteiger partial charge is 0.497 e. The van der Waals surface area contributed by atoms with Gasteiger partial charge in [-0.1, -0.05) is 23.7 Å². The summed E-state index contributed by atoms with van der Waals surface area (Å²) >= 11 is 7.79. The number of aromatic nitrogens is 2. The molecule has 1 saturated heterocycles. The summed E-state index contributed by atoms with van der Waals surface area (Å²) in [5, 5.41) is 3.69. The van der Waals surface area contributed by atoms with Crippen LogP contribution in [0, 0.1) is 6.92 Å². The van der Waals surface area contributed by atoms with Crippen LogP contribution in [0.4, 0.5) is 10.5 Å². The molecule has 1 N–H and O–H groups in total. The summed E-state index contributed by atoms with van der Waals surface area (Å²) in [6.45, 7) is 5.80. The van der Waals surface area contributed by atoms with Gasteiger partial charge in [0.1, 0.15) is 5.75 Å². The van der Waals surface area contributed by atoms with Crippen molar-refractivity contribution in [3.63, 3.8) is 0 Å². The fourth-order valence-corrected chi connectivity index (χ4v) is 5.16. The van der Waals surface area contributed by atoms with Crippen LogP contribution in [0.5, 0.6) is 5.75 Å². The molecule has 0 unspecified atom stereocenters. The smallest absolute Gasteiger partial charge is 0.321 e. The molecule has 2 amide bonds. The number of amides is 2. The van der Waals surface area contributed by atoms with Crippen molar-refractivity contribution in [3.8, 4) is 17.0 Å². The molecule has 176 valence electrons. The van der Waals surface area contributed by atoms with Crippen molar-refractivity contribution in [2.24, 2.45) is 0 Å². The lowest BCUT2D eigenvalue weighted by Gasteiger charge is -2.34. The van der Waals surface area contributed by atoms with Crippen molar-refractivity contribution >= 4 is 39.6 Å². The predicted molar refractivity (Wildman–Crippen MR) is 137 cm³/mol. The minimum atomic E-state index is -0.0770. The Labute approximate surface area is 207 Å². The number of rotatable bonds is 5. The van der Waals surface area contributed by atoms with E-state index in [2.05, 4.69) is 27.7 Å². The Hall–Kier alpha value is -3.07. The monoisotopic (exact) mass is 495 g/mol. The summed E-state index contributed by atoms with van der Waals surface area (Å²) < 4.78 is 7.38. The van der Waals surface area contributed by atoms with E-state index < -0.39 is 0 Å². The van der Waals surface area contributed by atoms with Crippen molar-refractivity contribution < 1.29 is 9.53 Å². The van der Waals surface area contributed by atoms with Crippen LogP contribution in [0.3, 0.4) is 0 Å². The highest BCUT2D eigenvalue weighted by atomic mass is 35.5. The van der Waals surface area contributed by atoms with Crippen LogP contribution in [0.25, 0.3) is 16.2 Å². The van der Waals surface area contributed by atoms with Crippen LogP contribution in [-0.2, 0) is 6.54 Å². The summed E-state index contributed by atoms with van der Waals surface area (Å²) in [5.74, 6) is 0.763. The molecule has 0 atom stereocenters. The first-order valence-electron chi connectivity index (χ1n) is 11.2. The van der Waals surface area contributed by atoms with Gasteiger partial charge in [0, 0.05) is 60.1 Å². The van der Waals surface area contributed by atoms with Crippen LogP contribution in [0.15, 0.2) is 54.7 Å². The second-order valence-electron chi connectivity index (χ2n) is 8.33. The highest BCUT2D eigenvalue weighted by molar-refractivity contribution is 7.17. The number of thiazole rings is 1. The fourth-order valence-electron chi connectivity index (χ4n) is 4.19. The molecule has 34 heavy (non-hydrogen) atoms. The number of carbonyl (C=O) groups is 1. The highest BCUT2D eigenvalue weighted by Gasteiger charge is 2.24. The van der Waals surface area contributed by atoms with Crippen molar-refractivity contribution in [3.05, 3.63) is 70.3 Å². The van der Waals surface area contributed by atoms with Crippen LogP contribution in [-0.4, -0.2) is 58.5 Å². The number of halogens is 1. The van der Waals surface area contributed by atoms with Crippen LogP contribution in [0.1, 0.15) is 10.6 Å². The summed E-state index contributed by atoms with van der Waals surface area (Å²) in [7, 11) is 1.63. The molecule has 4 aromatic rings. The number of urea groups is 1. The number of hydrogen-bond donors (Lipinski definition) is 1. The third-order valence-electron chi connectivity index (χ3n) is 6.03. The zero-order valence-corrected chi connectivity index (χ0v) is 20.7. The van der Waals surface area contributed by atoms with Gasteiger partial charge in [0.05, 0.1) is 18.5 Å². The van der Waals surface area contributed by atoms with E-state index >= 15 is 0 Å². The number of carbonyl (C=O) groups excluding carboxylic acids is 1. The molecule has 9 heteroatoms. The van der Waals surface area contributed by atoms with Gasteiger partial charge in [0.25, 0.3) is 0 Å². The number of benzene rings is 2. The van der Waals surface area contributed by atoms with Crippen LogP contribution in [0.2, 0.25) is 5.02 Å². The van der Waals surface area contributed by atoms with E-state index in [1.807, 2.05) is 53.4 Å². The Morgan fingerprint density at radius 2 is 1.79 bits per heavy atom. The Bertz CT molecular complexity index is 1290. The molecule has 0 saturated carbocycles. The van der Waals surface area contributed by atoms with Gasteiger partial charge in [-0.25, -0.2) is 9.78 Å². The Balaban J connectivity index is 1.27. The zero-order chi connectivity index (χ0) is 23.7. The quantitative estimate of drug-likeness (QED) is 0.403. The second-order valence-corrected chi connectivity index (χ2v) is 9.98. The van der Waals surface area contributed by atoms with Crippen molar-refractivity contribution in [1.82, 2.24) is 19.2 Å². The van der Waals surface area contributed by atoms with Gasteiger partial charge in [-0.3, -0.25) is 9.30 Å². The van der Waals surface area contributed by atoms with Gasteiger partial charge < -0.3 is 15.0 Å². The second kappa shape index (κ2) is 9.66. The molecule has 1 aliphatic rings. The minimum absolute atomic E-state index is 0.0770. The number of anilines is 1. The van der Waals surface area contributed by atoms with E-state index in [0.29, 0.717) is 18.1 Å². The topological polar surface area (TPSA) is 62.1 Å². The first kappa shape index (κ1) is 22.7. The summed E-state index contributed by atoms with van der Waals surface area (Å²) in [4.78, 5) is 24.1. The molecule has 2 aromatic carbocycles. The molecule has 0 radical (unpaired) electrons. The minimum Gasteiger partial charge on any atom is -0.497 e. The molecule has 0 aliphatic carbocycles. The third kappa shape index (κ3) is 4.75. The highest BCUT2D eigenvalue weighted by Crippen LogP contribution is 2.30. The average molecular weight is 496 g/mol. The van der Waals surface area contributed by atoms with E-state index in [4.69, 9.17) is 21.3 Å². The molecular formula is C25H26ClN5O2S. The molecule has 2 aromatic heterocycles. The molecule has 1 aliphatic heterocycles. The zero-order valence-electron chi connectivity index (χ0n) is 19.1. The maximum atomic E-state index is 12.7. The van der Waals surface area contributed by atoms with E-state index in [1.54, 1.807) is 18.4 Å². The Kier molecular flexibility index (Phi) is 6.45. The normalized spacial score (nSPS) is 14.5. The molecule has 3 heterocycles. The maximum absolute atomic E-state index is 12.7. The van der Waals surface area contributed by atoms with Crippen molar-refractivity contribution in [2.75, 3.05) is 38.6 Å². The lowest BCUT2D eigenvalue weighted by molar-refractivity contribution is 0.142. The van der Waals surface area contributed by atoms with Gasteiger partial charge in [-0.05, 0) is 43.3 Å². The number of methoxy groups -OCH3 is 1. The predicted octanol–water partition coefficient (Wildman–Crippen LogP) is 5.38. The van der Waals surface area contributed by atoms with E-state index in [9.17, 15) is 4.79 Å². The summed E-state index contributed by atoms with van der Waals surface area (Å²) in [6.07, 6.45) is 2.15. The fraction of sp³-hybridized carbons (Fsp3) is 0.280. The van der Waals surface area contributed by atoms with Gasteiger partial charge in [0.15, 0.2) is 4.96 Å². The van der Waals surface area contributed by atoms with Gasteiger partial charge in [-0.15, -0.1) is 11.3 Å². The number of imidazole rings is 1.